The van der Waals surface area contributed by atoms with Gasteiger partial charge in [0.2, 0.25) is 0 Å². The summed E-state index contributed by atoms with van der Waals surface area (Å²) in [6.07, 6.45) is -5.05. The minimum Gasteiger partial charge on any atom is -0.481 e. The third-order valence-corrected chi connectivity index (χ3v) is 3.38. The van der Waals surface area contributed by atoms with Crippen molar-refractivity contribution in [3.8, 4) is 0 Å². The summed E-state index contributed by atoms with van der Waals surface area (Å²) in [4.78, 5) is 25.1. The van der Waals surface area contributed by atoms with Crippen LogP contribution in [0.2, 0.25) is 0 Å². The van der Waals surface area contributed by atoms with E-state index in [4.69, 9.17) is 5.11 Å². The number of carbonyl (C=O) groups is 2. The number of hydrogen-bond acceptors (Lipinski definition) is 2. The Labute approximate surface area is 109 Å². The molecule has 0 aromatic heterocycles. The first-order valence-corrected chi connectivity index (χ1v) is 5.95. The van der Waals surface area contributed by atoms with Gasteiger partial charge in [-0.1, -0.05) is 0 Å². The van der Waals surface area contributed by atoms with Crippen molar-refractivity contribution in [2.24, 2.45) is 5.92 Å². The van der Waals surface area contributed by atoms with Gasteiger partial charge < -0.3 is 14.9 Å². The average Bonchev–Trinajstić information content (AvgIpc) is 2.66. The second kappa shape index (κ2) is 5.66. The Bertz CT molecular complexity index is 360. The van der Waals surface area contributed by atoms with Gasteiger partial charge in [0.25, 0.3) is 0 Å². The number of urea groups is 1. The lowest BCUT2D eigenvalue weighted by atomic mass is 10.0. The topological polar surface area (TPSA) is 60.9 Å². The number of carboxylic acid groups (broad SMARTS) is 1. The van der Waals surface area contributed by atoms with Gasteiger partial charge in [-0.2, -0.15) is 13.2 Å². The molecule has 0 saturated carbocycles. The number of halogens is 3. The molecule has 0 radical (unpaired) electrons. The fourth-order valence-electron chi connectivity index (χ4n) is 2.15. The lowest BCUT2D eigenvalue weighted by Gasteiger charge is -2.29. The van der Waals surface area contributed by atoms with Crippen LogP contribution < -0.4 is 0 Å². The summed E-state index contributed by atoms with van der Waals surface area (Å²) < 4.78 is 36.2. The molecule has 0 aliphatic carbocycles. The van der Waals surface area contributed by atoms with Crippen molar-refractivity contribution in [2.45, 2.75) is 32.0 Å². The first-order valence-electron chi connectivity index (χ1n) is 5.95. The average molecular weight is 282 g/mol. The Morgan fingerprint density at radius 2 is 2.00 bits per heavy atom. The predicted molar refractivity (Wildman–Crippen MR) is 60.6 cm³/mol. The molecule has 19 heavy (non-hydrogen) atoms. The molecule has 1 fully saturated rings. The van der Waals surface area contributed by atoms with Crippen LogP contribution >= 0.6 is 0 Å². The number of amides is 2. The summed E-state index contributed by atoms with van der Waals surface area (Å²) in [5.74, 6) is -1.64. The Hall–Kier alpha value is -1.47. The zero-order valence-electron chi connectivity index (χ0n) is 10.8. The molecule has 0 bridgehead atoms. The maximum Gasteiger partial charge on any atom is 0.390 e. The summed E-state index contributed by atoms with van der Waals surface area (Å²) in [5.41, 5.74) is 0. The Morgan fingerprint density at radius 1 is 1.42 bits per heavy atom. The number of nitrogens with zero attached hydrogens (tertiary/aromatic N) is 2. The highest BCUT2D eigenvalue weighted by atomic mass is 19.4. The van der Waals surface area contributed by atoms with Crippen LogP contribution in [0.4, 0.5) is 18.0 Å². The normalized spacial score (nSPS) is 23.5. The zero-order valence-corrected chi connectivity index (χ0v) is 10.8. The van der Waals surface area contributed by atoms with Gasteiger partial charge in [-0.3, -0.25) is 4.79 Å². The lowest BCUT2D eigenvalue weighted by molar-refractivity contribution is -0.142. The van der Waals surface area contributed by atoms with E-state index in [0.717, 1.165) is 4.90 Å². The Kier molecular flexibility index (Phi) is 4.65. The van der Waals surface area contributed by atoms with Crippen LogP contribution in [0.3, 0.4) is 0 Å². The highest BCUT2D eigenvalue weighted by molar-refractivity contribution is 5.78. The molecule has 8 heteroatoms. The van der Waals surface area contributed by atoms with E-state index < -0.39 is 43.1 Å². The third kappa shape index (κ3) is 4.00. The van der Waals surface area contributed by atoms with E-state index in [-0.39, 0.29) is 6.54 Å². The van der Waals surface area contributed by atoms with E-state index in [1.807, 2.05) is 0 Å². The third-order valence-electron chi connectivity index (χ3n) is 3.38. The number of likely N-dealkylation sites (tertiary alicyclic amines) is 1. The molecule has 5 nitrogen and oxygen atoms in total. The van der Waals surface area contributed by atoms with Crippen molar-refractivity contribution in [1.82, 2.24) is 9.80 Å². The monoisotopic (exact) mass is 282 g/mol. The minimum atomic E-state index is -4.31. The molecular formula is C11H17F3N2O3. The SMILES string of the molecule is CC1C(C(=O)O)CCN1C(=O)N(C)CCC(F)(F)F. The lowest BCUT2D eigenvalue weighted by Crippen LogP contribution is -2.45. The van der Waals surface area contributed by atoms with Crippen LogP contribution in [0.1, 0.15) is 19.8 Å². The number of alkyl halides is 3. The fourth-order valence-corrected chi connectivity index (χ4v) is 2.15. The number of rotatable bonds is 3. The van der Waals surface area contributed by atoms with Gasteiger partial charge in [0.15, 0.2) is 0 Å². The van der Waals surface area contributed by atoms with Gasteiger partial charge in [0, 0.05) is 26.2 Å². The van der Waals surface area contributed by atoms with Crippen molar-refractivity contribution in [3.63, 3.8) is 0 Å². The van der Waals surface area contributed by atoms with Crippen LogP contribution in [0.15, 0.2) is 0 Å². The smallest absolute Gasteiger partial charge is 0.390 e. The first-order chi connectivity index (χ1) is 8.63. The minimum absolute atomic E-state index is 0.257. The van der Waals surface area contributed by atoms with Crippen molar-refractivity contribution in [3.05, 3.63) is 0 Å². The number of carboxylic acids is 1. The van der Waals surface area contributed by atoms with E-state index in [0.29, 0.717) is 6.42 Å². The first kappa shape index (κ1) is 15.6. The maximum absolute atomic E-state index is 12.1. The molecule has 1 N–H and O–H groups in total. The highest BCUT2D eigenvalue weighted by Gasteiger charge is 2.39. The van der Waals surface area contributed by atoms with Gasteiger partial charge >= 0.3 is 18.2 Å². The van der Waals surface area contributed by atoms with E-state index in [9.17, 15) is 22.8 Å². The molecule has 0 spiro atoms. The van der Waals surface area contributed by atoms with Crippen LogP contribution in [-0.2, 0) is 4.79 Å². The zero-order chi connectivity index (χ0) is 14.8. The molecule has 1 heterocycles. The number of aliphatic carboxylic acids is 1. The molecule has 0 aromatic rings. The molecule has 2 amide bonds. The van der Waals surface area contributed by atoms with Crippen LogP contribution in [0.25, 0.3) is 0 Å². The molecule has 0 aromatic carbocycles. The van der Waals surface area contributed by atoms with Gasteiger partial charge in [-0.15, -0.1) is 0 Å². The summed E-state index contributed by atoms with van der Waals surface area (Å²) in [7, 11) is 1.29. The summed E-state index contributed by atoms with van der Waals surface area (Å²) in [6, 6.07) is -1.06. The van der Waals surface area contributed by atoms with Crippen LogP contribution in [0.5, 0.6) is 0 Å². The predicted octanol–water partition coefficient (Wildman–Crippen LogP) is 1.79. The van der Waals surface area contributed by atoms with E-state index in [1.54, 1.807) is 6.92 Å². The van der Waals surface area contributed by atoms with Crippen molar-refractivity contribution < 1.29 is 27.9 Å². The summed E-state index contributed by atoms with van der Waals surface area (Å²) in [6.45, 7) is 1.43. The van der Waals surface area contributed by atoms with Gasteiger partial charge in [-0.05, 0) is 13.3 Å². The standard InChI is InChI=1S/C11H17F3N2O3/c1-7-8(9(17)18)3-5-16(7)10(19)15(2)6-4-11(12,13)14/h7-8H,3-6H2,1-2H3,(H,17,18). The Balaban J connectivity index is 2.56. The van der Waals surface area contributed by atoms with E-state index in [1.165, 1.54) is 11.9 Å². The molecule has 1 aliphatic rings. The number of hydrogen-bond donors (Lipinski definition) is 1. The quantitative estimate of drug-likeness (QED) is 0.858. The molecule has 2 atom stereocenters. The maximum atomic E-state index is 12.1. The molecule has 2 unspecified atom stereocenters. The Morgan fingerprint density at radius 3 is 2.42 bits per heavy atom. The fraction of sp³-hybridized carbons (Fsp3) is 0.818. The second-order valence-corrected chi connectivity index (χ2v) is 4.74. The summed E-state index contributed by atoms with van der Waals surface area (Å²) in [5, 5.41) is 8.93. The van der Waals surface area contributed by atoms with Crippen molar-refractivity contribution in [1.29, 1.82) is 0 Å². The van der Waals surface area contributed by atoms with Gasteiger partial charge in [0.05, 0.1) is 12.3 Å². The molecule has 1 aliphatic heterocycles. The van der Waals surface area contributed by atoms with Crippen LogP contribution in [-0.4, -0.2) is 59.3 Å². The largest absolute Gasteiger partial charge is 0.481 e. The highest BCUT2D eigenvalue weighted by Crippen LogP contribution is 2.26. The molecular weight excluding hydrogens is 265 g/mol. The van der Waals surface area contributed by atoms with E-state index >= 15 is 0 Å². The van der Waals surface area contributed by atoms with Gasteiger partial charge in [0.1, 0.15) is 0 Å². The summed E-state index contributed by atoms with van der Waals surface area (Å²) >= 11 is 0. The van der Waals surface area contributed by atoms with E-state index in [2.05, 4.69) is 0 Å². The molecule has 1 rings (SSSR count). The second-order valence-electron chi connectivity index (χ2n) is 4.74. The van der Waals surface area contributed by atoms with Crippen molar-refractivity contribution >= 4 is 12.0 Å². The van der Waals surface area contributed by atoms with Gasteiger partial charge in [-0.25, -0.2) is 4.79 Å². The molecule has 110 valence electrons. The van der Waals surface area contributed by atoms with Crippen molar-refractivity contribution in [2.75, 3.05) is 20.1 Å². The van der Waals surface area contributed by atoms with Crippen LogP contribution in [0, 0.1) is 5.92 Å². The number of carbonyl (C=O) groups excluding carboxylic acids is 1. The molecule has 1 saturated heterocycles.